The predicted molar refractivity (Wildman–Crippen MR) is 62.0 cm³/mol. The monoisotopic (exact) mass is 252 g/mol. The number of carbonyl (C=O) groups excluding carboxylic acids is 1. The third kappa shape index (κ3) is 2.27. The number of halogens is 1. The van der Waals surface area contributed by atoms with Crippen molar-refractivity contribution in [1.29, 1.82) is 0 Å². The lowest BCUT2D eigenvalue weighted by Gasteiger charge is -2.17. The van der Waals surface area contributed by atoms with Crippen LogP contribution >= 0.6 is 0 Å². The van der Waals surface area contributed by atoms with E-state index in [0.29, 0.717) is 0 Å². The fourth-order valence-corrected chi connectivity index (χ4v) is 2.02. The lowest BCUT2D eigenvalue weighted by Crippen LogP contribution is -2.26. The van der Waals surface area contributed by atoms with E-state index in [2.05, 4.69) is 0 Å². The zero-order chi connectivity index (χ0) is 13.3. The number of carbonyl (C=O) groups is 2. The number of benzene rings is 1. The molecule has 1 unspecified atom stereocenters. The minimum Gasteiger partial charge on any atom is -0.481 e. The molecule has 0 bridgehead atoms. The van der Waals surface area contributed by atoms with Crippen LogP contribution in [0.25, 0.3) is 0 Å². The van der Waals surface area contributed by atoms with E-state index in [1.54, 1.807) is 6.07 Å². The third-order valence-electron chi connectivity index (χ3n) is 3.07. The second kappa shape index (κ2) is 4.64. The highest BCUT2D eigenvalue weighted by molar-refractivity contribution is 5.86. The maximum atomic E-state index is 13.6. The molecule has 1 atom stereocenters. The first-order valence-electron chi connectivity index (χ1n) is 5.52. The SMILES string of the molecule is Nc1cccc(F)c1CN1CC(C(=O)O)CC1=O. The van der Waals surface area contributed by atoms with Crippen LogP contribution in [-0.4, -0.2) is 28.4 Å². The van der Waals surface area contributed by atoms with Crippen LogP contribution in [0.5, 0.6) is 0 Å². The largest absolute Gasteiger partial charge is 0.481 e. The molecule has 1 aliphatic rings. The normalized spacial score (nSPS) is 19.3. The molecule has 0 radical (unpaired) electrons. The second-order valence-electron chi connectivity index (χ2n) is 4.32. The first-order valence-corrected chi connectivity index (χ1v) is 5.52. The zero-order valence-corrected chi connectivity index (χ0v) is 9.60. The molecule has 1 aliphatic heterocycles. The van der Waals surface area contributed by atoms with Crippen LogP contribution in [0, 0.1) is 11.7 Å². The molecule has 1 fully saturated rings. The Bertz CT molecular complexity index is 484. The molecular weight excluding hydrogens is 239 g/mol. The Hall–Kier alpha value is -2.11. The van der Waals surface area contributed by atoms with E-state index in [9.17, 15) is 14.0 Å². The number of hydrogen-bond donors (Lipinski definition) is 2. The quantitative estimate of drug-likeness (QED) is 0.781. The first kappa shape index (κ1) is 12.3. The zero-order valence-electron chi connectivity index (χ0n) is 9.60. The molecular formula is C12H13FN2O3. The second-order valence-corrected chi connectivity index (χ2v) is 4.32. The number of likely N-dealkylation sites (tertiary alicyclic amines) is 1. The highest BCUT2D eigenvalue weighted by atomic mass is 19.1. The van der Waals surface area contributed by atoms with Crippen LogP contribution in [0.15, 0.2) is 18.2 Å². The van der Waals surface area contributed by atoms with Crippen LogP contribution in [0.3, 0.4) is 0 Å². The van der Waals surface area contributed by atoms with E-state index < -0.39 is 17.7 Å². The summed E-state index contributed by atoms with van der Waals surface area (Å²) >= 11 is 0. The minimum absolute atomic E-state index is 0.0150. The van der Waals surface area contributed by atoms with Gasteiger partial charge < -0.3 is 15.7 Å². The van der Waals surface area contributed by atoms with Crippen molar-refractivity contribution >= 4 is 17.6 Å². The number of nitrogens with two attached hydrogens (primary N) is 1. The average Bonchev–Trinajstić information content (AvgIpc) is 2.66. The molecule has 1 aromatic rings. The molecule has 1 saturated heterocycles. The van der Waals surface area contributed by atoms with Crippen molar-refractivity contribution in [1.82, 2.24) is 4.90 Å². The van der Waals surface area contributed by atoms with Gasteiger partial charge >= 0.3 is 5.97 Å². The average molecular weight is 252 g/mol. The summed E-state index contributed by atoms with van der Waals surface area (Å²) in [5, 5.41) is 8.85. The van der Waals surface area contributed by atoms with Crippen molar-refractivity contribution in [2.75, 3.05) is 12.3 Å². The summed E-state index contributed by atoms with van der Waals surface area (Å²) in [5.74, 6) is -2.50. The number of carboxylic acids is 1. The van der Waals surface area contributed by atoms with Crippen molar-refractivity contribution in [2.45, 2.75) is 13.0 Å². The Morgan fingerprint density at radius 2 is 2.28 bits per heavy atom. The summed E-state index contributed by atoms with van der Waals surface area (Å²) in [6.45, 7) is 0.114. The summed E-state index contributed by atoms with van der Waals surface area (Å²) in [7, 11) is 0. The number of carboxylic acid groups (broad SMARTS) is 1. The number of rotatable bonds is 3. The molecule has 1 aromatic carbocycles. The number of nitrogens with zero attached hydrogens (tertiary/aromatic N) is 1. The van der Waals surface area contributed by atoms with Gasteiger partial charge in [-0.25, -0.2) is 4.39 Å². The number of anilines is 1. The number of aliphatic carboxylic acids is 1. The molecule has 0 aliphatic carbocycles. The van der Waals surface area contributed by atoms with Crippen molar-refractivity contribution in [3.63, 3.8) is 0 Å². The van der Waals surface area contributed by atoms with Crippen LogP contribution in [0.4, 0.5) is 10.1 Å². The lowest BCUT2D eigenvalue weighted by atomic mass is 10.1. The molecule has 0 spiro atoms. The topological polar surface area (TPSA) is 83.6 Å². The molecule has 1 amide bonds. The fourth-order valence-electron chi connectivity index (χ4n) is 2.02. The summed E-state index contributed by atoms with van der Waals surface area (Å²) < 4.78 is 13.6. The Labute approximate surface area is 103 Å². The van der Waals surface area contributed by atoms with Gasteiger partial charge in [0.05, 0.1) is 12.5 Å². The van der Waals surface area contributed by atoms with E-state index in [0.717, 1.165) is 0 Å². The third-order valence-corrected chi connectivity index (χ3v) is 3.07. The summed E-state index contributed by atoms with van der Waals surface area (Å²) in [6, 6.07) is 4.30. The highest BCUT2D eigenvalue weighted by Crippen LogP contribution is 2.24. The smallest absolute Gasteiger partial charge is 0.308 e. The van der Waals surface area contributed by atoms with Gasteiger partial charge in [0.1, 0.15) is 5.82 Å². The van der Waals surface area contributed by atoms with Crippen molar-refractivity contribution in [2.24, 2.45) is 5.92 Å². The summed E-state index contributed by atoms with van der Waals surface area (Å²) in [6.07, 6.45) is -0.0380. The highest BCUT2D eigenvalue weighted by Gasteiger charge is 2.34. The van der Waals surface area contributed by atoms with Gasteiger partial charge in [-0.3, -0.25) is 9.59 Å². The Kier molecular flexibility index (Phi) is 3.18. The summed E-state index contributed by atoms with van der Waals surface area (Å²) in [5.41, 5.74) is 6.14. The van der Waals surface area contributed by atoms with Gasteiger partial charge in [0.2, 0.25) is 5.91 Å². The molecule has 18 heavy (non-hydrogen) atoms. The molecule has 96 valence electrons. The van der Waals surface area contributed by atoms with Gasteiger partial charge in [0.15, 0.2) is 0 Å². The standard InChI is InChI=1S/C12H13FN2O3/c13-9-2-1-3-10(14)8(9)6-15-5-7(12(17)18)4-11(15)16/h1-3,7H,4-6,14H2,(H,17,18). The fraction of sp³-hybridized carbons (Fsp3) is 0.333. The van der Waals surface area contributed by atoms with Crippen LogP contribution in [0.1, 0.15) is 12.0 Å². The maximum Gasteiger partial charge on any atom is 0.308 e. The first-order chi connectivity index (χ1) is 8.49. The molecule has 6 heteroatoms. The molecule has 5 nitrogen and oxygen atoms in total. The lowest BCUT2D eigenvalue weighted by molar-refractivity contribution is -0.141. The molecule has 0 saturated carbocycles. The van der Waals surface area contributed by atoms with Crippen molar-refractivity contribution in [3.05, 3.63) is 29.6 Å². The van der Waals surface area contributed by atoms with Gasteiger partial charge in [-0.1, -0.05) is 6.07 Å². The van der Waals surface area contributed by atoms with Gasteiger partial charge in [-0.2, -0.15) is 0 Å². The van der Waals surface area contributed by atoms with Gasteiger partial charge in [-0.15, -0.1) is 0 Å². The van der Waals surface area contributed by atoms with Gasteiger partial charge in [-0.05, 0) is 12.1 Å². The molecule has 1 heterocycles. The minimum atomic E-state index is -1.01. The van der Waals surface area contributed by atoms with Crippen molar-refractivity contribution < 1.29 is 19.1 Å². The van der Waals surface area contributed by atoms with Crippen LogP contribution < -0.4 is 5.73 Å². The Morgan fingerprint density at radius 1 is 1.56 bits per heavy atom. The molecule has 3 N–H and O–H groups in total. The number of hydrogen-bond acceptors (Lipinski definition) is 3. The Balaban J connectivity index is 2.15. The predicted octanol–water partition coefficient (Wildman–Crippen LogP) is 0.841. The van der Waals surface area contributed by atoms with Crippen LogP contribution in [-0.2, 0) is 16.1 Å². The van der Waals surface area contributed by atoms with Crippen molar-refractivity contribution in [3.8, 4) is 0 Å². The Morgan fingerprint density at radius 3 is 2.83 bits per heavy atom. The van der Waals surface area contributed by atoms with E-state index in [1.807, 2.05) is 0 Å². The number of nitrogen functional groups attached to an aromatic ring is 1. The summed E-state index contributed by atoms with van der Waals surface area (Å²) in [4.78, 5) is 23.7. The van der Waals surface area contributed by atoms with E-state index in [4.69, 9.17) is 10.8 Å². The maximum absolute atomic E-state index is 13.6. The van der Waals surface area contributed by atoms with Gasteiger partial charge in [0, 0.05) is 24.2 Å². The number of amides is 1. The van der Waals surface area contributed by atoms with E-state index in [1.165, 1.54) is 17.0 Å². The van der Waals surface area contributed by atoms with E-state index >= 15 is 0 Å². The van der Waals surface area contributed by atoms with E-state index in [-0.39, 0.29) is 36.7 Å². The molecule has 2 rings (SSSR count). The molecule has 0 aromatic heterocycles. The van der Waals surface area contributed by atoms with Crippen LogP contribution in [0.2, 0.25) is 0 Å². The van der Waals surface area contributed by atoms with Gasteiger partial charge in [0.25, 0.3) is 0 Å².